The second kappa shape index (κ2) is 3.59. The van der Waals surface area contributed by atoms with Crippen LogP contribution in [0, 0.1) is 13.8 Å². The molecule has 3 heteroatoms. The summed E-state index contributed by atoms with van der Waals surface area (Å²) in [4.78, 5) is 4.95. The third kappa shape index (κ3) is 1.38. The van der Waals surface area contributed by atoms with Crippen molar-refractivity contribution in [1.82, 2.24) is 5.48 Å². The highest BCUT2D eigenvalue weighted by Crippen LogP contribution is 2.37. The molecular formula is C11H15NO2. The lowest BCUT2D eigenvalue weighted by molar-refractivity contribution is 0.0534. The van der Waals surface area contributed by atoms with E-state index in [4.69, 9.17) is 9.57 Å². The number of benzene rings is 1. The highest BCUT2D eigenvalue weighted by atomic mass is 16.6. The molecule has 76 valence electrons. The van der Waals surface area contributed by atoms with E-state index in [1.54, 1.807) is 7.11 Å². The molecule has 0 saturated carbocycles. The molecule has 0 amide bonds. The Morgan fingerprint density at radius 1 is 1.36 bits per heavy atom. The molecule has 1 N–H and O–H groups in total. The SMILES string of the molecule is CONC1COc2c(C)ccc(C)c21. The zero-order valence-electron chi connectivity index (χ0n) is 8.76. The summed E-state index contributed by atoms with van der Waals surface area (Å²) in [5, 5.41) is 0. The van der Waals surface area contributed by atoms with E-state index in [1.807, 2.05) is 0 Å². The van der Waals surface area contributed by atoms with Crippen LogP contribution in [0.15, 0.2) is 12.1 Å². The molecule has 1 heterocycles. The van der Waals surface area contributed by atoms with Gasteiger partial charge in [0, 0.05) is 5.56 Å². The quantitative estimate of drug-likeness (QED) is 0.727. The Hall–Kier alpha value is -1.06. The number of hydrogen-bond acceptors (Lipinski definition) is 3. The van der Waals surface area contributed by atoms with Gasteiger partial charge >= 0.3 is 0 Å². The third-order valence-electron chi connectivity index (χ3n) is 2.61. The van der Waals surface area contributed by atoms with Crippen molar-refractivity contribution < 1.29 is 9.57 Å². The molecule has 1 aromatic rings. The lowest BCUT2D eigenvalue weighted by Gasteiger charge is -2.11. The minimum atomic E-state index is 0.162. The van der Waals surface area contributed by atoms with Crippen LogP contribution in [0.3, 0.4) is 0 Å². The number of aryl methyl sites for hydroxylation is 2. The van der Waals surface area contributed by atoms with Crippen molar-refractivity contribution in [2.24, 2.45) is 0 Å². The van der Waals surface area contributed by atoms with Crippen molar-refractivity contribution in [2.45, 2.75) is 19.9 Å². The molecule has 0 spiro atoms. The van der Waals surface area contributed by atoms with Crippen molar-refractivity contribution in [1.29, 1.82) is 0 Å². The molecule has 0 fully saturated rings. The van der Waals surface area contributed by atoms with Gasteiger partial charge in [-0.25, -0.2) is 0 Å². The van der Waals surface area contributed by atoms with Gasteiger partial charge in [0.1, 0.15) is 12.4 Å². The van der Waals surface area contributed by atoms with Gasteiger partial charge in [0.2, 0.25) is 0 Å². The predicted molar refractivity (Wildman–Crippen MR) is 54.3 cm³/mol. The normalized spacial score (nSPS) is 19.2. The van der Waals surface area contributed by atoms with Crippen molar-refractivity contribution in [3.05, 3.63) is 28.8 Å². The molecule has 3 nitrogen and oxygen atoms in total. The van der Waals surface area contributed by atoms with E-state index < -0.39 is 0 Å². The van der Waals surface area contributed by atoms with Crippen LogP contribution in [0.25, 0.3) is 0 Å². The average molecular weight is 193 g/mol. The molecule has 2 rings (SSSR count). The summed E-state index contributed by atoms with van der Waals surface area (Å²) in [6.45, 7) is 4.81. The monoisotopic (exact) mass is 193 g/mol. The van der Waals surface area contributed by atoms with Crippen LogP contribution >= 0.6 is 0 Å². The molecule has 1 unspecified atom stereocenters. The Morgan fingerprint density at radius 3 is 2.79 bits per heavy atom. The standard InChI is InChI=1S/C11H15NO2/c1-7-4-5-8(2)11-10(7)9(6-14-11)12-13-3/h4-5,9,12H,6H2,1-3H3. The minimum absolute atomic E-state index is 0.162. The number of fused-ring (bicyclic) bond motifs is 1. The maximum atomic E-state index is 5.63. The molecule has 0 bridgehead atoms. The van der Waals surface area contributed by atoms with Gasteiger partial charge in [-0.3, -0.25) is 0 Å². The summed E-state index contributed by atoms with van der Waals surface area (Å²) in [6.07, 6.45) is 0. The van der Waals surface area contributed by atoms with Gasteiger partial charge in [-0.1, -0.05) is 12.1 Å². The van der Waals surface area contributed by atoms with Crippen LogP contribution in [-0.2, 0) is 4.84 Å². The van der Waals surface area contributed by atoms with E-state index in [2.05, 4.69) is 31.5 Å². The van der Waals surface area contributed by atoms with Crippen LogP contribution in [0.2, 0.25) is 0 Å². The van der Waals surface area contributed by atoms with E-state index >= 15 is 0 Å². The second-order valence-corrected chi connectivity index (χ2v) is 3.63. The number of nitrogens with one attached hydrogen (secondary N) is 1. The Bertz CT molecular complexity index is 349. The maximum absolute atomic E-state index is 5.63. The summed E-state index contributed by atoms with van der Waals surface area (Å²) < 4.78 is 5.63. The highest BCUT2D eigenvalue weighted by molar-refractivity contribution is 5.49. The van der Waals surface area contributed by atoms with E-state index in [-0.39, 0.29) is 6.04 Å². The third-order valence-corrected chi connectivity index (χ3v) is 2.61. The molecule has 1 aliphatic rings. The largest absolute Gasteiger partial charge is 0.491 e. The van der Waals surface area contributed by atoms with E-state index in [1.165, 1.54) is 16.7 Å². The van der Waals surface area contributed by atoms with Crippen molar-refractivity contribution in [2.75, 3.05) is 13.7 Å². The van der Waals surface area contributed by atoms with Crippen molar-refractivity contribution >= 4 is 0 Å². The van der Waals surface area contributed by atoms with Crippen LogP contribution < -0.4 is 10.2 Å². The number of rotatable bonds is 2. The highest BCUT2D eigenvalue weighted by Gasteiger charge is 2.27. The van der Waals surface area contributed by atoms with E-state index in [9.17, 15) is 0 Å². The Morgan fingerprint density at radius 2 is 2.07 bits per heavy atom. The first kappa shape index (κ1) is 9.49. The van der Waals surface area contributed by atoms with Gasteiger partial charge in [0.25, 0.3) is 0 Å². The fourth-order valence-corrected chi connectivity index (χ4v) is 1.92. The summed E-state index contributed by atoms with van der Waals surface area (Å²) in [5.41, 5.74) is 6.61. The fraction of sp³-hybridized carbons (Fsp3) is 0.455. The van der Waals surface area contributed by atoms with Gasteiger partial charge in [-0.05, 0) is 25.0 Å². The molecule has 1 aliphatic heterocycles. The molecule has 0 aliphatic carbocycles. The maximum Gasteiger partial charge on any atom is 0.127 e. The number of hydrogen-bond donors (Lipinski definition) is 1. The van der Waals surface area contributed by atoms with Gasteiger partial charge in [-0.15, -0.1) is 0 Å². The van der Waals surface area contributed by atoms with E-state index in [0.717, 1.165) is 5.75 Å². The Labute approximate surface area is 84.0 Å². The average Bonchev–Trinajstić information content (AvgIpc) is 2.58. The lowest BCUT2D eigenvalue weighted by Crippen LogP contribution is -2.21. The number of hydroxylamine groups is 1. The van der Waals surface area contributed by atoms with Crippen LogP contribution in [0.1, 0.15) is 22.7 Å². The number of ether oxygens (including phenoxy) is 1. The summed E-state index contributed by atoms with van der Waals surface area (Å²) in [5.74, 6) is 1.01. The van der Waals surface area contributed by atoms with E-state index in [0.29, 0.717) is 6.61 Å². The molecule has 14 heavy (non-hydrogen) atoms. The first-order valence-electron chi connectivity index (χ1n) is 4.75. The smallest absolute Gasteiger partial charge is 0.127 e. The molecule has 0 radical (unpaired) electrons. The van der Waals surface area contributed by atoms with Gasteiger partial charge < -0.3 is 9.57 Å². The molecule has 0 aromatic heterocycles. The Kier molecular flexibility index (Phi) is 2.44. The summed E-state index contributed by atoms with van der Waals surface area (Å²) in [7, 11) is 1.63. The fourth-order valence-electron chi connectivity index (χ4n) is 1.92. The lowest BCUT2D eigenvalue weighted by atomic mass is 10.0. The van der Waals surface area contributed by atoms with Gasteiger partial charge in [0.15, 0.2) is 0 Å². The van der Waals surface area contributed by atoms with Crippen LogP contribution in [-0.4, -0.2) is 13.7 Å². The van der Waals surface area contributed by atoms with Gasteiger partial charge in [0.05, 0.1) is 13.2 Å². The molecule has 1 aromatic carbocycles. The van der Waals surface area contributed by atoms with Crippen molar-refractivity contribution in [3.8, 4) is 5.75 Å². The molecule has 1 atom stereocenters. The first-order chi connectivity index (χ1) is 6.74. The Balaban J connectivity index is 2.42. The first-order valence-corrected chi connectivity index (χ1v) is 4.75. The minimum Gasteiger partial charge on any atom is -0.491 e. The second-order valence-electron chi connectivity index (χ2n) is 3.63. The zero-order chi connectivity index (χ0) is 10.1. The molecule has 0 saturated heterocycles. The van der Waals surface area contributed by atoms with Gasteiger partial charge in [-0.2, -0.15) is 5.48 Å². The molecular weight excluding hydrogens is 178 g/mol. The topological polar surface area (TPSA) is 30.5 Å². The van der Waals surface area contributed by atoms with Crippen LogP contribution in [0.5, 0.6) is 5.75 Å². The zero-order valence-corrected chi connectivity index (χ0v) is 8.76. The summed E-state index contributed by atoms with van der Waals surface area (Å²) in [6, 6.07) is 4.37. The van der Waals surface area contributed by atoms with Crippen molar-refractivity contribution in [3.63, 3.8) is 0 Å². The van der Waals surface area contributed by atoms with Crippen LogP contribution in [0.4, 0.5) is 0 Å². The summed E-state index contributed by atoms with van der Waals surface area (Å²) >= 11 is 0. The predicted octanol–water partition coefficient (Wildman–Crippen LogP) is 1.89.